The third kappa shape index (κ3) is 2.86. The van der Waals surface area contributed by atoms with Crippen LogP contribution in [0.3, 0.4) is 0 Å². The number of allylic oxidation sites excluding steroid dienone is 2. The van der Waals surface area contributed by atoms with Gasteiger partial charge >= 0.3 is 0 Å². The van der Waals surface area contributed by atoms with Gasteiger partial charge in [0.1, 0.15) is 0 Å². The summed E-state index contributed by atoms with van der Waals surface area (Å²) in [6, 6.07) is 0.232. The Morgan fingerprint density at radius 2 is 2.24 bits per heavy atom. The predicted octanol–water partition coefficient (Wildman–Crippen LogP) is -0.696. The molecule has 1 atom stereocenters. The Morgan fingerprint density at radius 3 is 3.00 bits per heavy atom. The first-order valence-corrected chi connectivity index (χ1v) is 8.58. The fraction of sp³-hybridized carbons (Fsp3) is 0.538. The van der Waals surface area contributed by atoms with E-state index in [2.05, 4.69) is 9.71 Å². The van der Waals surface area contributed by atoms with Crippen LogP contribution < -0.4 is 5.32 Å². The first-order valence-electron chi connectivity index (χ1n) is 6.97. The van der Waals surface area contributed by atoms with Crippen molar-refractivity contribution in [3.63, 3.8) is 0 Å². The number of amides is 1. The summed E-state index contributed by atoms with van der Waals surface area (Å²) in [7, 11) is -3.47. The Hall–Kier alpha value is -1.67. The molecule has 1 amide bonds. The fourth-order valence-corrected chi connectivity index (χ4v) is 3.66. The number of hydrogen-bond acceptors (Lipinski definition) is 5. The highest BCUT2D eigenvalue weighted by atomic mass is 32.2. The highest BCUT2D eigenvalue weighted by Crippen LogP contribution is 2.19. The summed E-state index contributed by atoms with van der Waals surface area (Å²) in [5, 5.41) is 3.28. The van der Waals surface area contributed by atoms with Crippen LogP contribution in [-0.4, -0.2) is 67.9 Å². The molecule has 8 heteroatoms. The van der Waals surface area contributed by atoms with Gasteiger partial charge in [-0.1, -0.05) is 0 Å². The molecule has 3 heterocycles. The Bertz CT molecular complexity index is 650. The predicted molar refractivity (Wildman–Crippen MR) is 79.2 cm³/mol. The van der Waals surface area contributed by atoms with Crippen molar-refractivity contribution in [2.24, 2.45) is 4.40 Å². The van der Waals surface area contributed by atoms with Crippen LogP contribution in [0.25, 0.3) is 0 Å². The van der Waals surface area contributed by atoms with Crippen LogP contribution >= 0.6 is 0 Å². The quantitative estimate of drug-likeness (QED) is 0.693. The number of sulfonamides is 1. The van der Waals surface area contributed by atoms with E-state index in [1.54, 1.807) is 28.2 Å². The van der Waals surface area contributed by atoms with E-state index in [0.29, 0.717) is 25.2 Å². The van der Waals surface area contributed by atoms with E-state index in [9.17, 15) is 13.2 Å². The zero-order valence-corrected chi connectivity index (χ0v) is 12.6. The Balaban J connectivity index is 1.90. The van der Waals surface area contributed by atoms with Crippen LogP contribution in [0.4, 0.5) is 0 Å². The molecule has 1 unspecified atom stereocenters. The number of carbonyl (C=O) groups excluding carboxylic acids is 1. The molecule has 0 radical (unpaired) electrons. The van der Waals surface area contributed by atoms with Crippen LogP contribution in [0, 0.1) is 0 Å². The summed E-state index contributed by atoms with van der Waals surface area (Å²) >= 11 is 0. The largest absolute Gasteiger partial charge is 0.336 e. The zero-order valence-electron chi connectivity index (χ0n) is 11.8. The Labute approximate surface area is 124 Å². The molecule has 0 aromatic carbocycles. The molecule has 1 fully saturated rings. The van der Waals surface area contributed by atoms with Gasteiger partial charge in [-0.25, -0.2) is 8.42 Å². The molecule has 1 saturated heterocycles. The molecule has 0 aromatic rings. The second kappa shape index (κ2) is 5.27. The first-order chi connectivity index (χ1) is 9.96. The molecule has 0 saturated carbocycles. The number of piperazine rings is 1. The first kappa shape index (κ1) is 14.3. The van der Waals surface area contributed by atoms with Crippen molar-refractivity contribution in [1.82, 2.24) is 15.1 Å². The van der Waals surface area contributed by atoms with Crippen molar-refractivity contribution in [2.45, 2.75) is 13.0 Å². The lowest BCUT2D eigenvalue weighted by atomic mass is 10.1. The van der Waals surface area contributed by atoms with Gasteiger partial charge in [0, 0.05) is 38.4 Å². The minimum atomic E-state index is -3.47. The lowest BCUT2D eigenvalue weighted by Crippen LogP contribution is -2.53. The molecule has 0 aliphatic carbocycles. The van der Waals surface area contributed by atoms with Gasteiger partial charge in [-0.15, -0.1) is 4.40 Å². The molecule has 0 bridgehead atoms. The molecule has 21 heavy (non-hydrogen) atoms. The van der Waals surface area contributed by atoms with Crippen LogP contribution in [0.15, 0.2) is 28.3 Å². The molecular formula is C13H18N4O3S. The molecule has 7 nitrogen and oxygen atoms in total. The average molecular weight is 310 g/mol. The van der Waals surface area contributed by atoms with E-state index in [1.165, 1.54) is 0 Å². The van der Waals surface area contributed by atoms with Crippen molar-refractivity contribution in [1.29, 1.82) is 0 Å². The van der Waals surface area contributed by atoms with Crippen molar-refractivity contribution < 1.29 is 13.2 Å². The van der Waals surface area contributed by atoms with Crippen LogP contribution in [0.2, 0.25) is 0 Å². The summed E-state index contributed by atoms with van der Waals surface area (Å²) in [5.74, 6) is 0.0703. The summed E-state index contributed by atoms with van der Waals surface area (Å²) < 4.78 is 27.2. The van der Waals surface area contributed by atoms with Gasteiger partial charge < -0.3 is 15.1 Å². The number of carbonyl (C=O) groups is 1. The highest BCUT2D eigenvalue weighted by molar-refractivity contribution is 7.90. The van der Waals surface area contributed by atoms with Crippen molar-refractivity contribution in [3.05, 3.63) is 23.9 Å². The van der Waals surface area contributed by atoms with E-state index >= 15 is 0 Å². The molecule has 3 aliphatic rings. The van der Waals surface area contributed by atoms with Gasteiger partial charge in [0.15, 0.2) is 5.84 Å². The van der Waals surface area contributed by atoms with E-state index in [-0.39, 0.29) is 23.5 Å². The number of nitrogens with one attached hydrogen (secondary N) is 1. The van der Waals surface area contributed by atoms with Gasteiger partial charge in [-0.2, -0.15) is 0 Å². The van der Waals surface area contributed by atoms with Crippen LogP contribution in [0.1, 0.15) is 6.92 Å². The minimum Gasteiger partial charge on any atom is -0.336 e. The van der Waals surface area contributed by atoms with Gasteiger partial charge in [-0.3, -0.25) is 4.79 Å². The molecule has 0 aromatic heterocycles. The lowest BCUT2D eigenvalue weighted by molar-refractivity contribution is -0.127. The topological polar surface area (TPSA) is 82.1 Å². The van der Waals surface area contributed by atoms with Crippen LogP contribution in [0.5, 0.6) is 0 Å². The normalized spacial score (nSPS) is 27.8. The monoisotopic (exact) mass is 310 g/mol. The minimum absolute atomic E-state index is 0.0209. The summed E-state index contributed by atoms with van der Waals surface area (Å²) in [4.78, 5) is 16.1. The molecular weight excluding hydrogens is 292 g/mol. The van der Waals surface area contributed by atoms with Crippen molar-refractivity contribution in [3.8, 4) is 0 Å². The smallest absolute Gasteiger partial charge is 0.257 e. The summed E-state index contributed by atoms with van der Waals surface area (Å²) in [5.41, 5.74) is 0.356. The van der Waals surface area contributed by atoms with E-state index in [0.717, 1.165) is 6.54 Å². The SMILES string of the molecule is CC1CN(C(=O)C2=CC=CN3CCS(=O)(=O)N=C23)CCN1. The number of nitrogens with zero attached hydrogens (tertiary/aromatic N) is 3. The number of amidine groups is 1. The van der Waals surface area contributed by atoms with E-state index < -0.39 is 10.0 Å². The van der Waals surface area contributed by atoms with Crippen molar-refractivity contribution in [2.75, 3.05) is 31.9 Å². The number of rotatable bonds is 1. The number of fused-ring (bicyclic) bond motifs is 1. The van der Waals surface area contributed by atoms with Gasteiger partial charge in [-0.05, 0) is 19.1 Å². The molecule has 3 rings (SSSR count). The molecule has 0 spiro atoms. The Morgan fingerprint density at radius 1 is 1.43 bits per heavy atom. The van der Waals surface area contributed by atoms with E-state index in [1.807, 2.05) is 6.92 Å². The standard InChI is InChI=1S/C13H18N4O3S/c1-10-9-17(6-4-14-10)13(18)11-3-2-5-16-7-8-21(19,20)15-12(11)16/h2-3,5,10,14H,4,6-9H2,1H3. The maximum Gasteiger partial charge on any atom is 0.257 e. The third-order valence-electron chi connectivity index (χ3n) is 3.74. The summed E-state index contributed by atoms with van der Waals surface area (Å²) in [6.07, 6.45) is 5.16. The Kier molecular flexibility index (Phi) is 3.58. The lowest BCUT2D eigenvalue weighted by Gasteiger charge is -2.35. The second-order valence-corrected chi connectivity index (χ2v) is 7.18. The van der Waals surface area contributed by atoms with Gasteiger partial charge in [0.2, 0.25) is 0 Å². The van der Waals surface area contributed by atoms with Gasteiger partial charge in [0.05, 0.1) is 11.3 Å². The number of hydrogen-bond donors (Lipinski definition) is 1. The maximum atomic E-state index is 12.7. The average Bonchev–Trinajstić information content (AvgIpc) is 2.45. The zero-order chi connectivity index (χ0) is 15.0. The fourth-order valence-electron chi connectivity index (χ4n) is 2.67. The second-order valence-electron chi connectivity index (χ2n) is 5.42. The molecule has 114 valence electrons. The van der Waals surface area contributed by atoms with E-state index in [4.69, 9.17) is 0 Å². The third-order valence-corrected chi connectivity index (χ3v) is 4.89. The van der Waals surface area contributed by atoms with Gasteiger partial charge in [0.25, 0.3) is 15.9 Å². The van der Waals surface area contributed by atoms with Crippen LogP contribution in [-0.2, 0) is 14.8 Å². The highest BCUT2D eigenvalue weighted by Gasteiger charge is 2.32. The summed E-state index contributed by atoms with van der Waals surface area (Å²) in [6.45, 7) is 4.32. The van der Waals surface area contributed by atoms with Crippen molar-refractivity contribution >= 4 is 21.8 Å². The molecule has 1 N–H and O–H groups in total. The molecule has 3 aliphatic heterocycles. The maximum absolute atomic E-state index is 12.7.